The van der Waals surface area contributed by atoms with E-state index in [9.17, 15) is 5.11 Å². The van der Waals surface area contributed by atoms with Crippen LogP contribution in [-0.4, -0.2) is 50.2 Å². The van der Waals surface area contributed by atoms with Crippen LogP contribution < -0.4 is 0 Å². The Morgan fingerprint density at radius 2 is 2.23 bits per heavy atom. The number of aliphatic hydroxyl groups excluding tert-OH is 1. The van der Waals surface area contributed by atoms with Crippen LogP contribution in [0.4, 0.5) is 0 Å². The summed E-state index contributed by atoms with van der Waals surface area (Å²) in [6.45, 7) is 6.41. The van der Waals surface area contributed by atoms with E-state index < -0.39 is 0 Å². The summed E-state index contributed by atoms with van der Waals surface area (Å²) in [6, 6.07) is 0.663. The zero-order valence-electron chi connectivity index (χ0n) is 13.3. The Kier molecular flexibility index (Phi) is 5.28. The maximum absolute atomic E-state index is 9.50. The van der Waals surface area contributed by atoms with E-state index in [1.807, 2.05) is 9.25 Å². The average Bonchev–Trinajstić information content (AvgIpc) is 3.17. The Morgan fingerprint density at radius 1 is 1.41 bits per heavy atom. The Hall–Kier alpha value is -0.760. The third-order valence-corrected chi connectivity index (χ3v) is 4.91. The van der Waals surface area contributed by atoms with Crippen molar-refractivity contribution >= 4 is 12.2 Å². The van der Waals surface area contributed by atoms with Crippen LogP contribution in [0.5, 0.6) is 0 Å². The lowest BCUT2D eigenvalue weighted by Crippen LogP contribution is -2.34. The van der Waals surface area contributed by atoms with Gasteiger partial charge in [0.1, 0.15) is 6.61 Å². The van der Waals surface area contributed by atoms with E-state index in [4.69, 9.17) is 17.0 Å². The minimum Gasteiger partial charge on any atom is -0.388 e. The summed E-state index contributed by atoms with van der Waals surface area (Å²) < 4.78 is 10.1. The molecular formula is C15H26N4O2S. The standard InChI is InChI=1S/C15H26N4O2S/c1-2-6-18-14(9-20)16-19(15(18)22)11-17(13-3-4-13)8-12-5-7-21-10-12/h12-13,20H,2-11H2,1H3. The fourth-order valence-corrected chi connectivity index (χ4v) is 3.43. The molecule has 0 radical (unpaired) electrons. The van der Waals surface area contributed by atoms with Gasteiger partial charge in [-0.1, -0.05) is 6.92 Å². The molecule has 1 aromatic heterocycles. The molecule has 0 bridgehead atoms. The van der Waals surface area contributed by atoms with Crippen LogP contribution >= 0.6 is 12.2 Å². The van der Waals surface area contributed by atoms with Crippen LogP contribution in [0, 0.1) is 10.7 Å². The summed E-state index contributed by atoms with van der Waals surface area (Å²) in [4.78, 5) is 2.49. The Bertz CT molecular complexity index is 546. The molecule has 1 saturated carbocycles. The van der Waals surface area contributed by atoms with Crippen molar-refractivity contribution in [2.24, 2.45) is 5.92 Å². The largest absolute Gasteiger partial charge is 0.388 e. The minimum atomic E-state index is -0.0590. The van der Waals surface area contributed by atoms with Crippen molar-refractivity contribution in [3.05, 3.63) is 10.6 Å². The lowest BCUT2D eigenvalue weighted by atomic mass is 10.1. The SMILES string of the molecule is CCCn1c(CO)nn(CN(CC2CCOC2)C2CC2)c1=S. The summed E-state index contributed by atoms with van der Waals surface area (Å²) in [6.07, 6.45) is 4.67. The molecule has 2 fully saturated rings. The molecule has 1 atom stereocenters. The van der Waals surface area contributed by atoms with E-state index in [1.165, 1.54) is 12.8 Å². The summed E-state index contributed by atoms with van der Waals surface area (Å²) in [7, 11) is 0. The summed E-state index contributed by atoms with van der Waals surface area (Å²) in [5.74, 6) is 1.30. The molecule has 1 aliphatic heterocycles. The van der Waals surface area contributed by atoms with E-state index in [2.05, 4.69) is 16.9 Å². The van der Waals surface area contributed by atoms with E-state index in [0.29, 0.717) is 17.8 Å². The fraction of sp³-hybridized carbons (Fsp3) is 0.867. The number of aliphatic hydroxyl groups is 1. The van der Waals surface area contributed by atoms with Gasteiger partial charge in [0.15, 0.2) is 10.6 Å². The first-order valence-corrected chi connectivity index (χ1v) is 8.73. The molecule has 7 heteroatoms. The van der Waals surface area contributed by atoms with Crippen LogP contribution in [0.25, 0.3) is 0 Å². The van der Waals surface area contributed by atoms with Crippen molar-refractivity contribution in [2.75, 3.05) is 19.8 Å². The molecule has 124 valence electrons. The summed E-state index contributed by atoms with van der Waals surface area (Å²) >= 11 is 5.55. The predicted octanol–water partition coefficient (Wildman–Crippen LogP) is 1.77. The number of aromatic nitrogens is 3. The lowest BCUT2D eigenvalue weighted by molar-refractivity contribution is 0.141. The zero-order chi connectivity index (χ0) is 15.5. The minimum absolute atomic E-state index is 0.0590. The Morgan fingerprint density at radius 3 is 2.82 bits per heavy atom. The second-order valence-corrected chi connectivity index (χ2v) is 6.75. The number of rotatable bonds is 8. The van der Waals surface area contributed by atoms with Crippen molar-refractivity contribution < 1.29 is 9.84 Å². The number of ether oxygens (including phenoxy) is 1. The third kappa shape index (κ3) is 3.59. The summed E-state index contributed by atoms with van der Waals surface area (Å²) in [5.41, 5.74) is 0. The van der Waals surface area contributed by atoms with Crippen LogP contribution in [0.3, 0.4) is 0 Å². The molecule has 22 heavy (non-hydrogen) atoms. The Balaban J connectivity index is 1.73. The lowest BCUT2D eigenvalue weighted by Gasteiger charge is -2.24. The molecule has 0 spiro atoms. The van der Waals surface area contributed by atoms with Crippen molar-refractivity contribution in [2.45, 2.75) is 58.5 Å². The van der Waals surface area contributed by atoms with Gasteiger partial charge in [-0.15, -0.1) is 0 Å². The van der Waals surface area contributed by atoms with Gasteiger partial charge < -0.3 is 14.4 Å². The number of nitrogens with zero attached hydrogens (tertiary/aromatic N) is 4. The molecule has 3 rings (SSSR count). The highest BCUT2D eigenvalue weighted by atomic mass is 32.1. The van der Waals surface area contributed by atoms with Crippen LogP contribution in [0.1, 0.15) is 38.4 Å². The molecule has 0 amide bonds. The third-order valence-electron chi connectivity index (χ3n) is 4.48. The van der Waals surface area contributed by atoms with E-state index in [0.717, 1.165) is 50.6 Å². The highest BCUT2D eigenvalue weighted by Gasteiger charge is 2.32. The van der Waals surface area contributed by atoms with Crippen LogP contribution in [0.2, 0.25) is 0 Å². The smallest absolute Gasteiger partial charge is 0.199 e. The van der Waals surface area contributed by atoms with Crippen LogP contribution in [-0.2, 0) is 24.6 Å². The van der Waals surface area contributed by atoms with Crippen molar-refractivity contribution in [3.63, 3.8) is 0 Å². The van der Waals surface area contributed by atoms with Gasteiger partial charge in [0.2, 0.25) is 0 Å². The second kappa shape index (κ2) is 7.21. The van der Waals surface area contributed by atoms with E-state index >= 15 is 0 Å². The zero-order valence-corrected chi connectivity index (χ0v) is 14.1. The van der Waals surface area contributed by atoms with E-state index in [1.54, 1.807) is 0 Å². The van der Waals surface area contributed by atoms with Gasteiger partial charge in [0.05, 0.1) is 13.3 Å². The number of hydrogen-bond donors (Lipinski definition) is 1. The molecular weight excluding hydrogens is 300 g/mol. The molecule has 1 N–H and O–H groups in total. The van der Waals surface area contributed by atoms with Crippen LogP contribution in [0.15, 0.2) is 0 Å². The molecule has 1 unspecified atom stereocenters. The molecule has 1 saturated heterocycles. The first-order valence-electron chi connectivity index (χ1n) is 8.32. The Labute approximate surface area is 136 Å². The molecule has 2 aliphatic rings. The van der Waals surface area contributed by atoms with Gasteiger partial charge >= 0.3 is 0 Å². The van der Waals surface area contributed by atoms with E-state index in [-0.39, 0.29) is 6.61 Å². The topological polar surface area (TPSA) is 55.5 Å². The highest BCUT2D eigenvalue weighted by Crippen LogP contribution is 2.29. The molecule has 2 heterocycles. The van der Waals surface area contributed by atoms with Gasteiger partial charge in [-0.05, 0) is 43.8 Å². The molecule has 1 aliphatic carbocycles. The predicted molar refractivity (Wildman–Crippen MR) is 85.9 cm³/mol. The van der Waals surface area contributed by atoms with Crippen molar-refractivity contribution in [1.82, 2.24) is 19.2 Å². The second-order valence-electron chi connectivity index (χ2n) is 6.38. The van der Waals surface area contributed by atoms with Crippen molar-refractivity contribution in [3.8, 4) is 0 Å². The fourth-order valence-electron chi connectivity index (χ4n) is 3.14. The van der Waals surface area contributed by atoms with Gasteiger partial charge in [0, 0.05) is 25.7 Å². The summed E-state index contributed by atoms with van der Waals surface area (Å²) in [5, 5.41) is 14.0. The monoisotopic (exact) mass is 326 g/mol. The first kappa shape index (κ1) is 16.1. The van der Waals surface area contributed by atoms with Gasteiger partial charge in [-0.3, -0.25) is 4.90 Å². The van der Waals surface area contributed by atoms with Gasteiger partial charge in [-0.25, -0.2) is 4.68 Å². The molecule has 6 nitrogen and oxygen atoms in total. The quantitative estimate of drug-likeness (QED) is 0.738. The maximum Gasteiger partial charge on any atom is 0.199 e. The maximum atomic E-state index is 9.50. The average molecular weight is 326 g/mol. The van der Waals surface area contributed by atoms with Gasteiger partial charge in [-0.2, -0.15) is 5.10 Å². The molecule has 1 aromatic rings. The normalized spacial score (nSPS) is 21.9. The van der Waals surface area contributed by atoms with Gasteiger partial charge in [0.25, 0.3) is 0 Å². The highest BCUT2D eigenvalue weighted by molar-refractivity contribution is 7.71. The van der Waals surface area contributed by atoms with Crippen molar-refractivity contribution in [1.29, 1.82) is 0 Å². The molecule has 0 aromatic carbocycles. The first-order chi connectivity index (χ1) is 10.7. The number of hydrogen-bond acceptors (Lipinski definition) is 5.